The normalized spacial score (nSPS) is 11.8. The molecule has 1 aromatic carbocycles. The van der Waals surface area contributed by atoms with Crippen LogP contribution in [0.1, 0.15) is 26.3 Å². The van der Waals surface area contributed by atoms with Gasteiger partial charge in [-0.05, 0) is 26.8 Å². The molecular weight excluding hydrogens is 212 g/mol. The van der Waals surface area contributed by atoms with Crippen molar-refractivity contribution in [2.75, 3.05) is 6.73 Å². The monoisotopic (exact) mass is 229 g/mol. The molecule has 0 saturated carbocycles. The first-order valence-electron chi connectivity index (χ1n) is 5.16. The second-order valence-electron chi connectivity index (χ2n) is 4.63. The Balaban J connectivity index is 2.41. The highest BCUT2D eigenvalue weighted by Crippen LogP contribution is 2.12. The van der Waals surface area contributed by atoms with Crippen LogP contribution in [-0.2, 0) is 11.3 Å². The number of ether oxygens (including phenoxy) is 1. The number of hydrogen-bond acceptors (Lipinski definition) is 2. The highest BCUT2D eigenvalue weighted by Gasteiger charge is 2.09. The summed E-state index contributed by atoms with van der Waals surface area (Å²) in [7, 11) is 0. The summed E-state index contributed by atoms with van der Waals surface area (Å²) in [5.74, 6) is -1.68. The van der Waals surface area contributed by atoms with Gasteiger partial charge in [0.15, 0.2) is 11.6 Å². The lowest BCUT2D eigenvalue weighted by Crippen LogP contribution is -2.37. The maximum absolute atomic E-state index is 13.2. The molecule has 0 fully saturated rings. The Hall–Kier alpha value is -1.00. The smallest absolute Gasteiger partial charge is 0.164 e. The molecule has 1 N–H and O–H groups in total. The van der Waals surface area contributed by atoms with Gasteiger partial charge in [0.2, 0.25) is 0 Å². The molecule has 0 heterocycles. The van der Waals surface area contributed by atoms with Crippen molar-refractivity contribution in [1.82, 2.24) is 5.32 Å². The highest BCUT2D eigenvalue weighted by atomic mass is 19.2. The van der Waals surface area contributed by atoms with Gasteiger partial charge < -0.3 is 4.74 Å². The van der Waals surface area contributed by atoms with Gasteiger partial charge in [-0.1, -0.05) is 12.1 Å². The summed E-state index contributed by atoms with van der Waals surface area (Å²) in [5.41, 5.74) is 0.177. The number of nitrogens with one attached hydrogen (secondary N) is 1. The van der Waals surface area contributed by atoms with E-state index in [4.69, 9.17) is 4.74 Å². The van der Waals surface area contributed by atoms with Crippen molar-refractivity contribution in [3.63, 3.8) is 0 Å². The Morgan fingerprint density at radius 2 is 1.94 bits per heavy atom. The Bertz CT molecular complexity index is 347. The van der Waals surface area contributed by atoms with E-state index in [2.05, 4.69) is 5.32 Å². The summed E-state index contributed by atoms with van der Waals surface area (Å²) in [5, 5.41) is 3.09. The molecule has 0 aromatic heterocycles. The summed E-state index contributed by atoms with van der Waals surface area (Å²) in [6, 6.07) is 4.07. The van der Waals surface area contributed by atoms with Gasteiger partial charge >= 0.3 is 0 Å². The molecule has 0 amide bonds. The summed E-state index contributed by atoms with van der Waals surface area (Å²) in [6.07, 6.45) is 0. The molecule has 2 nitrogen and oxygen atoms in total. The Kier molecular flexibility index (Phi) is 4.38. The van der Waals surface area contributed by atoms with E-state index < -0.39 is 11.6 Å². The van der Waals surface area contributed by atoms with Gasteiger partial charge in [0.05, 0.1) is 13.3 Å². The van der Waals surface area contributed by atoms with Crippen molar-refractivity contribution in [3.05, 3.63) is 35.4 Å². The second kappa shape index (κ2) is 5.37. The van der Waals surface area contributed by atoms with Gasteiger partial charge in [0.1, 0.15) is 0 Å². The van der Waals surface area contributed by atoms with Gasteiger partial charge in [-0.3, -0.25) is 5.32 Å². The van der Waals surface area contributed by atoms with Gasteiger partial charge in [0, 0.05) is 11.1 Å². The van der Waals surface area contributed by atoms with E-state index in [1.54, 1.807) is 0 Å². The van der Waals surface area contributed by atoms with Crippen LogP contribution in [0.15, 0.2) is 18.2 Å². The van der Waals surface area contributed by atoms with Crippen LogP contribution in [0.3, 0.4) is 0 Å². The van der Waals surface area contributed by atoms with Crippen LogP contribution in [-0.4, -0.2) is 12.3 Å². The van der Waals surface area contributed by atoms with Crippen molar-refractivity contribution in [1.29, 1.82) is 0 Å². The number of benzene rings is 1. The number of rotatable bonds is 4. The first-order chi connectivity index (χ1) is 7.40. The third kappa shape index (κ3) is 4.24. The summed E-state index contributed by atoms with van der Waals surface area (Å²) >= 11 is 0. The van der Waals surface area contributed by atoms with Crippen LogP contribution in [0.5, 0.6) is 0 Å². The maximum Gasteiger partial charge on any atom is 0.164 e. The van der Waals surface area contributed by atoms with E-state index in [1.807, 2.05) is 20.8 Å². The lowest BCUT2D eigenvalue weighted by molar-refractivity contribution is 0.0844. The summed E-state index contributed by atoms with van der Waals surface area (Å²) in [4.78, 5) is 0. The van der Waals surface area contributed by atoms with Crippen molar-refractivity contribution in [2.24, 2.45) is 0 Å². The van der Waals surface area contributed by atoms with Crippen molar-refractivity contribution < 1.29 is 13.5 Å². The number of halogens is 2. The quantitative estimate of drug-likeness (QED) is 0.633. The van der Waals surface area contributed by atoms with Crippen LogP contribution in [0.25, 0.3) is 0 Å². The fourth-order valence-corrected chi connectivity index (χ4v) is 1.09. The molecule has 0 radical (unpaired) electrons. The predicted molar refractivity (Wildman–Crippen MR) is 58.9 cm³/mol. The first-order valence-corrected chi connectivity index (χ1v) is 5.16. The Morgan fingerprint density at radius 3 is 2.56 bits per heavy atom. The SMILES string of the molecule is CC(C)(C)NCOCc1cccc(F)c1F. The molecule has 0 bridgehead atoms. The third-order valence-corrected chi connectivity index (χ3v) is 1.99. The van der Waals surface area contributed by atoms with Crippen LogP contribution in [0, 0.1) is 11.6 Å². The summed E-state index contributed by atoms with van der Waals surface area (Å²) in [6.45, 7) is 6.36. The lowest BCUT2D eigenvalue weighted by atomic mass is 10.1. The second-order valence-corrected chi connectivity index (χ2v) is 4.63. The minimum atomic E-state index is -0.843. The van der Waals surface area contributed by atoms with Gasteiger partial charge in [-0.2, -0.15) is 0 Å². The van der Waals surface area contributed by atoms with Crippen LogP contribution in [0.2, 0.25) is 0 Å². The molecule has 0 saturated heterocycles. The largest absolute Gasteiger partial charge is 0.362 e. The molecule has 4 heteroatoms. The van der Waals surface area contributed by atoms with Gasteiger partial charge in [-0.15, -0.1) is 0 Å². The molecule has 0 spiro atoms. The molecule has 0 atom stereocenters. The molecule has 90 valence electrons. The lowest BCUT2D eigenvalue weighted by Gasteiger charge is -2.20. The van der Waals surface area contributed by atoms with E-state index in [0.717, 1.165) is 6.07 Å². The van der Waals surface area contributed by atoms with Crippen molar-refractivity contribution >= 4 is 0 Å². The van der Waals surface area contributed by atoms with Crippen molar-refractivity contribution in [3.8, 4) is 0 Å². The standard InChI is InChI=1S/C12H17F2NO/c1-12(2,3)15-8-16-7-9-5-4-6-10(13)11(9)14/h4-6,15H,7-8H2,1-3H3. The maximum atomic E-state index is 13.2. The zero-order chi connectivity index (χ0) is 12.2. The van der Waals surface area contributed by atoms with E-state index in [0.29, 0.717) is 6.73 Å². The van der Waals surface area contributed by atoms with E-state index in [-0.39, 0.29) is 17.7 Å². The average molecular weight is 229 g/mol. The zero-order valence-electron chi connectivity index (χ0n) is 9.81. The van der Waals surface area contributed by atoms with E-state index in [1.165, 1.54) is 12.1 Å². The van der Waals surface area contributed by atoms with E-state index in [9.17, 15) is 8.78 Å². The molecule has 0 unspecified atom stereocenters. The molecule has 0 aliphatic carbocycles. The Labute approximate surface area is 94.6 Å². The topological polar surface area (TPSA) is 21.3 Å². The van der Waals surface area contributed by atoms with Crippen LogP contribution < -0.4 is 5.32 Å². The van der Waals surface area contributed by atoms with Crippen LogP contribution >= 0.6 is 0 Å². The fraction of sp³-hybridized carbons (Fsp3) is 0.500. The molecule has 1 rings (SSSR count). The van der Waals surface area contributed by atoms with Crippen molar-refractivity contribution in [2.45, 2.75) is 32.9 Å². The van der Waals surface area contributed by atoms with Gasteiger partial charge in [-0.25, -0.2) is 8.78 Å². The fourth-order valence-electron chi connectivity index (χ4n) is 1.09. The molecule has 0 aliphatic rings. The minimum absolute atomic E-state index is 0.0551. The molecule has 1 aromatic rings. The van der Waals surface area contributed by atoms with E-state index >= 15 is 0 Å². The molecular formula is C12H17F2NO. The third-order valence-electron chi connectivity index (χ3n) is 1.99. The predicted octanol–water partition coefficient (Wildman–Crippen LogP) is 2.83. The average Bonchev–Trinajstić information content (AvgIpc) is 2.17. The van der Waals surface area contributed by atoms with Gasteiger partial charge in [0.25, 0.3) is 0 Å². The summed E-state index contributed by atoms with van der Waals surface area (Å²) < 4.78 is 31.2. The molecule has 16 heavy (non-hydrogen) atoms. The Morgan fingerprint density at radius 1 is 1.25 bits per heavy atom. The highest BCUT2D eigenvalue weighted by molar-refractivity contribution is 5.17. The minimum Gasteiger partial charge on any atom is -0.362 e. The zero-order valence-corrected chi connectivity index (χ0v) is 9.81. The first kappa shape index (κ1) is 13.1. The number of hydrogen-bond donors (Lipinski definition) is 1. The molecule has 0 aliphatic heterocycles. The van der Waals surface area contributed by atoms with Crippen LogP contribution in [0.4, 0.5) is 8.78 Å².